The van der Waals surface area contributed by atoms with Gasteiger partial charge in [-0.15, -0.1) is 0 Å². The Labute approximate surface area is 164 Å². The van der Waals surface area contributed by atoms with Crippen LogP contribution in [0.15, 0.2) is 24.3 Å². The number of hydrogen-bond donors (Lipinski definition) is 1. The molecule has 0 bridgehead atoms. The van der Waals surface area contributed by atoms with Crippen LogP contribution in [0.2, 0.25) is 0 Å². The first-order chi connectivity index (χ1) is 13.4. The first kappa shape index (κ1) is 19.9. The number of aromatic nitrogens is 2. The zero-order valence-electron chi connectivity index (χ0n) is 16.7. The Morgan fingerprint density at radius 3 is 2.82 bits per heavy atom. The van der Waals surface area contributed by atoms with Crippen molar-refractivity contribution in [1.29, 1.82) is 0 Å². The van der Waals surface area contributed by atoms with Gasteiger partial charge in [-0.05, 0) is 38.1 Å². The van der Waals surface area contributed by atoms with Crippen LogP contribution in [0.25, 0.3) is 0 Å². The van der Waals surface area contributed by atoms with Crippen LogP contribution in [0, 0.1) is 6.92 Å². The third kappa shape index (κ3) is 4.17. The summed E-state index contributed by atoms with van der Waals surface area (Å²) in [7, 11) is 3.40. The van der Waals surface area contributed by atoms with Crippen molar-refractivity contribution >= 4 is 11.8 Å². The molecule has 0 aliphatic carbocycles. The number of aryl methyl sites for hydroxylation is 2. The highest BCUT2D eigenvalue weighted by Crippen LogP contribution is 2.27. The first-order valence-corrected chi connectivity index (χ1v) is 9.25. The van der Waals surface area contributed by atoms with Gasteiger partial charge in [0, 0.05) is 37.5 Å². The average Bonchev–Trinajstić information content (AvgIpc) is 2.92. The minimum atomic E-state index is -0.185. The van der Waals surface area contributed by atoms with Crippen molar-refractivity contribution < 1.29 is 19.1 Å². The third-order valence-electron chi connectivity index (χ3n) is 4.86. The minimum Gasteiger partial charge on any atom is -0.491 e. The predicted molar refractivity (Wildman–Crippen MR) is 103 cm³/mol. The van der Waals surface area contributed by atoms with Gasteiger partial charge in [0.25, 0.3) is 11.8 Å². The maximum atomic E-state index is 13.0. The molecule has 3 rings (SSSR count). The van der Waals surface area contributed by atoms with Crippen molar-refractivity contribution in [3.05, 3.63) is 46.8 Å². The summed E-state index contributed by atoms with van der Waals surface area (Å²) in [6, 6.07) is 6.94. The Morgan fingerprint density at radius 2 is 2.14 bits per heavy atom. The van der Waals surface area contributed by atoms with E-state index in [4.69, 9.17) is 9.47 Å². The highest BCUT2D eigenvalue weighted by molar-refractivity contribution is 5.95. The molecule has 0 fully saturated rings. The van der Waals surface area contributed by atoms with Crippen LogP contribution in [-0.4, -0.2) is 59.4 Å². The molecule has 150 valence electrons. The second-order valence-corrected chi connectivity index (χ2v) is 6.96. The molecule has 2 aromatic rings. The molecular weight excluding hydrogens is 360 g/mol. The minimum absolute atomic E-state index is 0.124. The summed E-state index contributed by atoms with van der Waals surface area (Å²) in [5.74, 6) is 0.353. The molecule has 0 spiro atoms. The van der Waals surface area contributed by atoms with E-state index < -0.39 is 0 Å². The van der Waals surface area contributed by atoms with Crippen LogP contribution < -0.4 is 10.1 Å². The van der Waals surface area contributed by atoms with E-state index >= 15 is 0 Å². The molecule has 1 aromatic carbocycles. The summed E-state index contributed by atoms with van der Waals surface area (Å²) in [6.07, 6.45) is 0. The van der Waals surface area contributed by atoms with Gasteiger partial charge < -0.3 is 19.7 Å². The Kier molecular flexibility index (Phi) is 5.99. The van der Waals surface area contributed by atoms with Crippen molar-refractivity contribution in [3.8, 4) is 5.75 Å². The summed E-state index contributed by atoms with van der Waals surface area (Å²) in [4.78, 5) is 27.1. The number of rotatable bonds is 5. The van der Waals surface area contributed by atoms with Crippen LogP contribution in [0.5, 0.6) is 5.75 Å². The number of amides is 2. The maximum Gasteiger partial charge on any atom is 0.275 e. The van der Waals surface area contributed by atoms with Gasteiger partial charge in [0.1, 0.15) is 12.4 Å². The van der Waals surface area contributed by atoms with E-state index in [1.54, 1.807) is 41.0 Å². The van der Waals surface area contributed by atoms with E-state index in [9.17, 15) is 9.59 Å². The zero-order chi connectivity index (χ0) is 20.3. The van der Waals surface area contributed by atoms with Gasteiger partial charge >= 0.3 is 0 Å². The predicted octanol–water partition coefficient (Wildman–Crippen LogP) is 1.53. The molecule has 1 aliphatic rings. The molecule has 2 amide bonds. The molecule has 1 aliphatic heterocycles. The zero-order valence-corrected chi connectivity index (χ0v) is 16.7. The molecule has 8 nitrogen and oxygen atoms in total. The fraction of sp³-hybridized carbons (Fsp3) is 0.450. The SMILES string of the molecule is COCCNC(=O)c1ccc2c(c1)CN(C(=O)c1cc(C)n(C)n1)[C@@H](C)CO2. The quantitative estimate of drug-likeness (QED) is 0.788. The normalized spacial score (nSPS) is 16.1. The van der Waals surface area contributed by atoms with Crippen molar-refractivity contribution in [1.82, 2.24) is 20.0 Å². The number of ether oxygens (including phenoxy) is 2. The molecule has 1 N–H and O–H groups in total. The number of carbonyl (C=O) groups excluding carboxylic acids is 2. The van der Waals surface area contributed by atoms with E-state index in [-0.39, 0.29) is 17.9 Å². The van der Waals surface area contributed by atoms with Crippen LogP contribution in [-0.2, 0) is 18.3 Å². The Balaban J connectivity index is 1.83. The number of carbonyl (C=O) groups is 2. The Hall–Kier alpha value is -2.87. The Bertz CT molecular complexity index is 858. The summed E-state index contributed by atoms with van der Waals surface area (Å²) in [6.45, 7) is 5.46. The molecule has 2 heterocycles. The van der Waals surface area contributed by atoms with E-state index in [1.165, 1.54) is 0 Å². The van der Waals surface area contributed by atoms with Gasteiger partial charge in [0.15, 0.2) is 5.69 Å². The molecule has 1 aromatic heterocycles. The Morgan fingerprint density at radius 1 is 1.36 bits per heavy atom. The summed E-state index contributed by atoms with van der Waals surface area (Å²) in [5, 5.41) is 7.10. The monoisotopic (exact) mass is 386 g/mol. The van der Waals surface area contributed by atoms with Gasteiger partial charge in [0.05, 0.1) is 19.2 Å². The van der Waals surface area contributed by atoms with Crippen molar-refractivity contribution in [3.63, 3.8) is 0 Å². The third-order valence-corrected chi connectivity index (χ3v) is 4.86. The molecule has 0 saturated carbocycles. The molecular formula is C20H26N4O4. The van der Waals surface area contributed by atoms with Crippen molar-refractivity contribution in [2.45, 2.75) is 26.4 Å². The smallest absolute Gasteiger partial charge is 0.275 e. The number of nitrogens with zero attached hydrogens (tertiary/aromatic N) is 3. The highest BCUT2D eigenvalue weighted by atomic mass is 16.5. The van der Waals surface area contributed by atoms with Gasteiger partial charge in [-0.2, -0.15) is 5.10 Å². The maximum absolute atomic E-state index is 13.0. The largest absolute Gasteiger partial charge is 0.491 e. The van der Waals surface area contributed by atoms with E-state index in [0.29, 0.717) is 43.3 Å². The summed E-state index contributed by atoms with van der Waals surface area (Å²) >= 11 is 0. The van der Waals surface area contributed by atoms with Gasteiger partial charge in [-0.1, -0.05) is 0 Å². The van der Waals surface area contributed by atoms with Crippen molar-refractivity contribution in [2.24, 2.45) is 7.05 Å². The van der Waals surface area contributed by atoms with Crippen LogP contribution in [0.3, 0.4) is 0 Å². The molecule has 8 heteroatoms. The van der Waals surface area contributed by atoms with Gasteiger partial charge in [0.2, 0.25) is 0 Å². The number of benzene rings is 1. The lowest BCUT2D eigenvalue weighted by atomic mass is 10.1. The number of fused-ring (bicyclic) bond motifs is 1. The first-order valence-electron chi connectivity index (χ1n) is 9.25. The number of hydrogen-bond acceptors (Lipinski definition) is 5. The molecule has 0 unspecified atom stereocenters. The van der Waals surface area contributed by atoms with E-state index in [2.05, 4.69) is 10.4 Å². The van der Waals surface area contributed by atoms with Crippen LogP contribution in [0.1, 0.15) is 39.0 Å². The van der Waals surface area contributed by atoms with Crippen molar-refractivity contribution in [2.75, 3.05) is 26.9 Å². The van der Waals surface area contributed by atoms with Gasteiger partial charge in [-0.3, -0.25) is 14.3 Å². The topological polar surface area (TPSA) is 85.7 Å². The molecule has 0 radical (unpaired) electrons. The number of nitrogens with one attached hydrogen (secondary N) is 1. The second-order valence-electron chi connectivity index (χ2n) is 6.96. The lowest BCUT2D eigenvalue weighted by Gasteiger charge is -2.25. The standard InChI is InChI=1S/C20H26N4O4/c1-13-9-17(22-23(13)3)20(26)24-11-16-10-15(19(25)21-7-8-27-4)5-6-18(16)28-12-14(24)2/h5-6,9-10,14H,7-8,11-12H2,1-4H3,(H,21,25)/t14-/m0/s1. The fourth-order valence-corrected chi connectivity index (χ4v) is 3.08. The lowest BCUT2D eigenvalue weighted by Crippen LogP contribution is -2.40. The average molecular weight is 386 g/mol. The molecule has 28 heavy (non-hydrogen) atoms. The van der Waals surface area contributed by atoms with E-state index in [1.807, 2.05) is 20.9 Å². The number of methoxy groups -OCH3 is 1. The van der Waals surface area contributed by atoms with Gasteiger partial charge in [-0.25, -0.2) is 0 Å². The highest BCUT2D eigenvalue weighted by Gasteiger charge is 2.28. The molecule has 1 atom stereocenters. The fourth-order valence-electron chi connectivity index (χ4n) is 3.08. The summed E-state index contributed by atoms with van der Waals surface area (Å²) < 4.78 is 12.5. The molecule has 0 saturated heterocycles. The second kappa shape index (κ2) is 8.43. The van der Waals surface area contributed by atoms with Crippen LogP contribution >= 0.6 is 0 Å². The summed E-state index contributed by atoms with van der Waals surface area (Å²) in [5.41, 5.74) is 2.64. The van der Waals surface area contributed by atoms with Crippen LogP contribution in [0.4, 0.5) is 0 Å². The lowest BCUT2D eigenvalue weighted by molar-refractivity contribution is 0.0638. The van der Waals surface area contributed by atoms with E-state index in [0.717, 1.165) is 11.3 Å².